The van der Waals surface area contributed by atoms with Crippen LogP contribution < -0.4 is 0 Å². The Morgan fingerprint density at radius 1 is 1.22 bits per heavy atom. The lowest BCUT2D eigenvalue weighted by molar-refractivity contribution is -0.151. The highest BCUT2D eigenvalue weighted by atomic mass is 35.5. The van der Waals surface area contributed by atoms with Crippen LogP contribution in [0.25, 0.3) is 0 Å². The van der Waals surface area contributed by atoms with Gasteiger partial charge in [-0.2, -0.15) is 0 Å². The fourth-order valence-corrected chi connectivity index (χ4v) is 4.51. The molecular formula is C20H19ClFNO3S. The van der Waals surface area contributed by atoms with Crippen molar-refractivity contribution in [3.63, 3.8) is 0 Å². The summed E-state index contributed by atoms with van der Waals surface area (Å²) in [5.41, 5.74) is 1.14. The van der Waals surface area contributed by atoms with Crippen molar-refractivity contribution in [3.05, 3.63) is 70.5 Å². The molecule has 27 heavy (non-hydrogen) atoms. The van der Waals surface area contributed by atoms with E-state index < -0.39 is 17.8 Å². The number of halogens is 2. The molecule has 2 aromatic rings. The van der Waals surface area contributed by atoms with E-state index >= 15 is 0 Å². The van der Waals surface area contributed by atoms with Gasteiger partial charge in [0.15, 0.2) is 0 Å². The normalized spacial score (nSPS) is 19.4. The molecule has 0 N–H and O–H groups in total. The second-order valence-electron chi connectivity index (χ2n) is 6.46. The van der Waals surface area contributed by atoms with Gasteiger partial charge >= 0.3 is 5.97 Å². The minimum atomic E-state index is -0.723. The van der Waals surface area contributed by atoms with Gasteiger partial charge in [0.25, 0.3) is 5.91 Å². The van der Waals surface area contributed by atoms with Crippen molar-refractivity contribution in [3.8, 4) is 0 Å². The summed E-state index contributed by atoms with van der Waals surface area (Å²) in [4.78, 5) is 27.3. The van der Waals surface area contributed by atoms with Crippen molar-refractivity contribution in [2.75, 3.05) is 5.75 Å². The second-order valence-corrected chi connectivity index (χ2v) is 8.01. The molecule has 4 nitrogen and oxygen atoms in total. The molecule has 3 rings (SSSR count). The average Bonchev–Trinajstić information content (AvgIpc) is 3.06. The molecule has 142 valence electrons. The van der Waals surface area contributed by atoms with Crippen LogP contribution in [-0.2, 0) is 9.53 Å². The smallest absolute Gasteiger partial charge is 0.330 e. The van der Waals surface area contributed by atoms with Crippen LogP contribution in [0.5, 0.6) is 0 Å². The van der Waals surface area contributed by atoms with Gasteiger partial charge in [-0.3, -0.25) is 4.79 Å². The van der Waals surface area contributed by atoms with Gasteiger partial charge in [-0.15, -0.1) is 11.8 Å². The number of esters is 1. The van der Waals surface area contributed by atoms with Gasteiger partial charge in [-0.25, -0.2) is 9.18 Å². The number of thioether (sulfide) groups is 1. The van der Waals surface area contributed by atoms with E-state index in [1.807, 2.05) is 6.07 Å². The van der Waals surface area contributed by atoms with E-state index in [-0.39, 0.29) is 17.4 Å². The summed E-state index contributed by atoms with van der Waals surface area (Å²) in [5, 5.41) is 0.168. The summed E-state index contributed by atoms with van der Waals surface area (Å²) in [6.45, 7) is 3.53. The first-order valence-corrected chi connectivity index (χ1v) is 9.95. The minimum absolute atomic E-state index is 0.282. The van der Waals surface area contributed by atoms with Crippen molar-refractivity contribution in [1.82, 2.24) is 4.90 Å². The van der Waals surface area contributed by atoms with E-state index in [2.05, 4.69) is 0 Å². The molecule has 0 saturated carbocycles. The third kappa shape index (κ3) is 4.45. The lowest BCUT2D eigenvalue weighted by atomic mass is 10.1. The molecule has 7 heteroatoms. The van der Waals surface area contributed by atoms with E-state index in [9.17, 15) is 14.0 Å². The van der Waals surface area contributed by atoms with Gasteiger partial charge < -0.3 is 9.64 Å². The molecule has 1 fully saturated rings. The van der Waals surface area contributed by atoms with E-state index in [0.29, 0.717) is 16.3 Å². The highest BCUT2D eigenvalue weighted by Crippen LogP contribution is 2.43. The van der Waals surface area contributed by atoms with Gasteiger partial charge in [0.2, 0.25) is 0 Å². The van der Waals surface area contributed by atoms with Crippen molar-refractivity contribution in [2.45, 2.75) is 31.4 Å². The molecule has 0 aliphatic carbocycles. The highest BCUT2D eigenvalue weighted by molar-refractivity contribution is 7.99. The Balaban J connectivity index is 1.97. The zero-order chi connectivity index (χ0) is 19.6. The SMILES string of the molecule is CC(C)OC(=O)C1CSC(c2cccc(Cl)c2)N1C(=O)c1ccc(F)cc1. The van der Waals surface area contributed by atoms with Crippen LogP contribution >= 0.6 is 23.4 Å². The summed E-state index contributed by atoms with van der Waals surface area (Å²) in [6, 6.07) is 11.8. The molecule has 0 aromatic heterocycles. The molecule has 2 unspecified atom stereocenters. The summed E-state index contributed by atoms with van der Waals surface area (Å²) in [7, 11) is 0. The van der Waals surface area contributed by atoms with Gasteiger partial charge in [0.05, 0.1) is 6.10 Å². The van der Waals surface area contributed by atoms with Crippen molar-refractivity contribution >= 4 is 35.2 Å². The van der Waals surface area contributed by atoms with Gasteiger partial charge in [0, 0.05) is 16.3 Å². The molecular weight excluding hydrogens is 389 g/mol. The Kier molecular flexibility index (Phi) is 6.07. The Labute approximate surface area is 166 Å². The van der Waals surface area contributed by atoms with Crippen molar-refractivity contribution < 1.29 is 18.7 Å². The maximum absolute atomic E-state index is 13.2. The highest BCUT2D eigenvalue weighted by Gasteiger charge is 2.43. The summed E-state index contributed by atoms with van der Waals surface area (Å²) in [6.07, 6.45) is -0.282. The lowest BCUT2D eigenvalue weighted by Crippen LogP contribution is -2.44. The Hall–Kier alpha value is -2.05. The molecule has 0 spiro atoms. The maximum atomic E-state index is 13.2. The zero-order valence-electron chi connectivity index (χ0n) is 14.9. The molecule has 1 amide bonds. The average molecular weight is 408 g/mol. The molecule has 2 atom stereocenters. The number of benzene rings is 2. The Morgan fingerprint density at radius 2 is 1.93 bits per heavy atom. The number of nitrogens with zero attached hydrogens (tertiary/aromatic N) is 1. The largest absolute Gasteiger partial charge is 0.461 e. The summed E-state index contributed by atoms with van der Waals surface area (Å²) >= 11 is 7.58. The fourth-order valence-electron chi connectivity index (χ4n) is 2.91. The third-order valence-corrected chi connectivity index (χ3v) is 5.64. The van der Waals surface area contributed by atoms with Crippen molar-refractivity contribution in [1.29, 1.82) is 0 Å². The third-order valence-electron chi connectivity index (χ3n) is 4.08. The first-order chi connectivity index (χ1) is 12.9. The topological polar surface area (TPSA) is 46.6 Å². The molecule has 1 aliphatic heterocycles. The van der Waals surface area contributed by atoms with Gasteiger partial charge in [-0.05, 0) is 55.8 Å². The fraction of sp³-hybridized carbons (Fsp3) is 0.300. The van der Waals surface area contributed by atoms with Crippen LogP contribution in [0, 0.1) is 5.82 Å². The summed E-state index contributed by atoms with van der Waals surface area (Å²) < 4.78 is 18.6. The van der Waals surface area contributed by atoms with Crippen LogP contribution in [-0.4, -0.2) is 34.7 Å². The monoisotopic (exact) mass is 407 g/mol. The number of hydrogen-bond acceptors (Lipinski definition) is 4. The zero-order valence-corrected chi connectivity index (χ0v) is 16.5. The number of carbonyl (C=O) groups excluding carboxylic acids is 2. The first-order valence-electron chi connectivity index (χ1n) is 8.52. The van der Waals surface area contributed by atoms with Crippen LogP contribution in [0.2, 0.25) is 5.02 Å². The number of ether oxygens (including phenoxy) is 1. The molecule has 1 saturated heterocycles. The van der Waals surface area contributed by atoms with Crippen LogP contribution in [0.1, 0.15) is 35.1 Å². The molecule has 1 aliphatic rings. The number of carbonyl (C=O) groups is 2. The second kappa shape index (κ2) is 8.31. The summed E-state index contributed by atoms with van der Waals surface area (Å²) in [5.74, 6) is -0.812. The molecule has 0 radical (unpaired) electrons. The van der Waals surface area contributed by atoms with Crippen LogP contribution in [0.4, 0.5) is 4.39 Å². The van der Waals surface area contributed by atoms with Crippen molar-refractivity contribution in [2.24, 2.45) is 0 Å². The van der Waals surface area contributed by atoms with Crippen LogP contribution in [0.3, 0.4) is 0 Å². The van der Waals surface area contributed by atoms with Gasteiger partial charge in [0.1, 0.15) is 17.2 Å². The number of rotatable bonds is 4. The molecule has 0 bridgehead atoms. The van der Waals surface area contributed by atoms with Gasteiger partial charge in [-0.1, -0.05) is 23.7 Å². The van der Waals surface area contributed by atoms with E-state index in [0.717, 1.165) is 5.56 Å². The maximum Gasteiger partial charge on any atom is 0.330 e. The number of hydrogen-bond donors (Lipinski definition) is 0. The first kappa shape index (κ1) is 19.7. The van der Waals surface area contributed by atoms with E-state index in [4.69, 9.17) is 16.3 Å². The van der Waals surface area contributed by atoms with E-state index in [1.54, 1.807) is 32.0 Å². The lowest BCUT2D eigenvalue weighted by Gasteiger charge is -2.29. The predicted molar refractivity (Wildman–Crippen MR) is 104 cm³/mol. The van der Waals surface area contributed by atoms with Crippen LogP contribution in [0.15, 0.2) is 48.5 Å². The Bertz CT molecular complexity index is 843. The predicted octanol–water partition coefficient (Wildman–Crippen LogP) is 4.69. The molecule has 2 aromatic carbocycles. The standard InChI is InChI=1S/C20H19ClFNO3S/c1-12(2)26-20(25)17-11-27-19(14-4-3-5-15(21)10-14)23(17)18(24)13-6-8-16(22)9-7-13/h3-10,12,17,19H,11H2,1-2H3. The molecule has 1 heterocycles. The van der Waals surface area contributed by atoms with E-state index in [1.165, 1.54) is 40.9 Å². The quantitative estimate of drug-likeness (QED) is 0.690. The Morgan fingerprint density at radius 3 is 2.56 bits per heavy atom. The minimum Gasteiger partial charge on any atom is -0.461 e. The number of amides is 1.